The molecule has 1 amide bonds. The van der Waals surface area contributed by atoms with E-state index in [1.807, 2.05) is 26.0 Å². The third kappa shape index (κ3) is 4.48. The van der Waals surface area contributed by atoms with Gasteiger partial charge in [-0.15, -0.1) is 5.10 Å². The van der Waals surface area contributed by atoms with Gasteiger partial charge in [-0.05, 0) is 37.1 Å². The van der Waals surface area contributed by atoms with Gasteiger partial charge in [0, 0.05) is 0 Å². The van der Waals surface area contributed by atoms with Crippen molar-refractivity contribution in [2.45, 2.75) is 20.3 Å². The Balaban J connectivity index is 1.78. The lowest BCUT2D eigenvalue weighted by molar-refractivity contribution is -0.116. The fourth-order valence-corrected chi connectivity index (χ4v) is 1.87. The maximum Gasteiger partial charge on any atom is 0.336 e. The van der Waals surface area contributed by atoms with E-state index in [1.165, 1.54) is 7.11 Å². The maximum absolute atomic E-state index is 11.7. The highest BCUT2D eigenvalue weighted by Gasteiger charge is 2.07. The third-order valence-electron chi connectivity index (χ3n) is 2.70. The van der Waals surface area contributed by atoms with E-state index in [0.29, 0.717) is 6.61 Å². The Morgan fingerprint density at radius 3 is 2.62 bits per heavy atom. The fourth-order valence-electron chi connectivity index (χ4n) is 1.87. The van der Waals surface area contributed by atoms with Crippen molar-refractivity contribution in [2.75, 3.05) is 19.0 Å². The van der Waals surface area contributed by atoms with Gasteiger partial charge in [-0.3, -0.25) is 10.1 Å². The number of hydrogen-bond donors (Lipinski definition) is 2. The van der Waals surface area contributed by atoms with Gasteiger partial charge in [0.2, 0.25) is 11.9 Å². The van der Waals surface area contributed by atoms with Crippen LogP contribution in [0.15, 0.2) is 18.2 Å². The van der Waals surface area contributed by atoms with E-state index in [-0.39, 0.29) is 24.3 Å². The minimum absolute atomic E-state index is 0.178. The number of amides is 1. The summed E-state index contributed by atoms with van der Waals surface area (Å²) >= 11 is 0. The molecule has 0 unspecified atom stereocenters. The molecule has 0 aliphatic carbocycles. The van der Waals surface area contributed by atoms with Crippen molar-refractivity contribution in [1.82, 2.24) is 15.2 Å². The molecule has 7 nitrogen and oxygen atoms in total. The van der Waals surface area contributed by atoms with Crippen LogP contribution >= 0.6 is 0 Å². The van der Waals surface area contributed by atoms with Crippen LogP contribution < -0.4 is 14.8 Å². The number of anilines is 1. The first-order valence-electron chi connectivity index (χ1n) is 6.54. The van der Waals surface area contributed by atoms with Crippen molar-refractivity contribution in [3.63, 3.8) is 0 Å². The average molecular weight is 290 g/mol. The van der Waals surface area contributed by atoms with Gasteiger partial charge in [-0.25, -0.2) is 5.10 Å². The van der Waals surface area contributed by atoms with Gasteiger partial charge in [-0.2, -0.15) is 4.98 Å². The number of carbonyl (C=O) groups excluding carboxylic acids is 1. The third-order valence-corrected chi connectivity index (χ3v) is 2.70. The molecule has 0 aliphatic heterocycles. The van der Waals surface area contributed by atoms with Crippen LogP contribution in [0.5, 0.6) is 11.8 Å². The number of hydrogen-bond acceptors (Lipinski definition) is 5. The van der Waals surface area contributed by atoms with E-state index in [4.69, 9.17) is 9.47 Å². The van der Waals surface area contributed by atoms with Crippen LogP contribution in [0.3, 0.4) is 0 Å². The van der Waals surface area contributed by atoms with Crippen LogP contribution in [-0.2, 0) is 4.79 Å². The van der Waals surface area contributed by atoms with Crippen molar-refractivity contribution in [1.29, 1.82) is 0 Å². The van der Waals surface area contributed by atoms with Crippen LogP contribution in [0.25, 0.3) is 0 Å². The van der Waals surface area contributed by atoms with Gasteiger partial charge >= 0.3 is 6.01 Å². The summed E-state index contributed by atoms with van der Waals surface area (Å²) in [6.07, 6.45) is 0.218. The Morgan fingerprint density at radius 1 is 1.29 bits per heavy atom. The zero-order valence-corrected chi connectivity index (χ0v) is 12.3. The van der Waals surface area contributed by atoms with Gasteiger partial charge < -0.3 is 9.47 Å². The molecule has 0 fully saturated rings. The molecule has 0 atom stereocenters. The fraction of sp³-hybridized carbons (Fsp3) is 0.357. The number of benzene rings is 1. The van der Waals surface area contributed by atoms with Crippen molar-refractivity contribution in [2.24, 2.45) is 0 Å². The number of nitrogens with one attached hydrogen (secondary N) is 2. The summed E-state index contributed by atoms with van der Waals surface area (Å²) < 4.78 is 10.4. The van der Waals surface area contributed by atoms with Gasteiger partial charge in [-0.1, -0.05) is 6.07 Å². The average Bonchev–Trinajstić information content (AvgIpc) is 2.85. The van der Waals surface area contributed by atoms with Crippen LogP contribution in [0.4, 0.5) is 5.95 Å². The number of methoxy groups -OCH3 is 1. The van der Waals surface area contributed by atoms with E-state index in [9.17, 15) is 4.79 Å². The molecule has 2 aromatic rings. The summed E-state index contributed by atoms with van der Waals surface area (Å²) in [5.41, 5.74) is 2.26. The van der Waals surface area contributed by atoms with E-state index in [1.54, 1.807) is 0 Å². The van der Waals surface area contributed by atoms with Crippen molar-refractivity contribution >= 4 is 11.9 Å². The SMILES string of the molecule is COc1n[nH]c(NC(=O)CCOc2cc(C)cc(C)c2)n1. The van der Waals surface area contributed by atoms with Gasteiger partial charge in [0.25, 0.3) is 0 Å². The molecule has 0 saturated carbocycles. The normalized spacial score (nSPS) is 10.2. The number of nitrogens with zero attached hydrogens (tertiary/aromatic N) is 2. The van der Waals surface area contributed by atoms with Crippen molar-refractivity contribution in [3.05, 3.63) is 29.3 Å². The molecule has 1 aromatic carbocycles. The first-order valence-corrected chi connectivity index (χ1v) is 6.54. The Morgan fingerprint density at radius 2 is 2.00 bits per heavy atom. The lowest BCUT2D eigenvalue weighted by Crippen LogP contribution is -2.16. The molecule has 2 rings (SSSR count). The summed E-state index contributed by atoms with van der Waals surface area (Å²) in [4.78, 5) is 15.6. The highest BCUT2D eigenvalue weighted by molar-refractivity contribution is 5.88. The second-order valence-corrected chi connectivity index (χ2v) is 4.64. The molecule has 0 radical (unpaired) electrons. The van der Waals surface area contributed by atoms with Crippen LogP contribution in [0.2, 0.25) is 0 Å². The number of carbonyl (C=O) groups is 1. The first-order chi connectivity index (χ1) is 10.1. The summed E-state index contributed by atoms with van der Waals surface area (Å²) in [6.45, 7) is 4.30. The number of aromatic amines is 1. The Hall–Kier alpha value is -2.57. The second-order valence-electron chi connectivity index (χ2n) is 4.64. The lowest BCUT2D eigenvalue weighted by atomic mass is 10.1. The highest BCUT2D eigenvalue weighted by Crippen LogP contribution is 2.16. The van der Waals surface area contributed by atoms with Gasteiger partial charge in [0.05, 0.1) is 20.1 Å². The topological polar surface area (TPSA) is 89.1 Å². The molecule has 0 saturated heterocycles. The van der Waals surface area contributed by atoms with E-state index in [2.05, 4.69) is 26.6 Å². The minimum Gasteiger partial charge on any atom is -0.493 e. The Bertz CT molecular complexity index is 604. The molecule has 1 heterocycles. The van der Waals surface area contributed by atoms with E-state index in [0.717, 1.165) is 16.9 Å². The predicted molar refractivity (Wildman–Crippen MR) is 77.6 cm³/mol. The summed E-state index contributed by atoms with van der Waals surface area (Å²) in [6, 6.07) is 6.12. The molecule has 7 heteroatoms. The van der Waals surface area contributed by atoms with Gasteiger partial charge in [0.1, 0.15) is 5.75 Å². The molecule has 2 N–H and O–H groups in total. The largest absolute Gasteiger partial charge is 0.493 e. The smallest absolute Gasteiger partial charge is 0.336 e. The quantitative estimate of drug-likeness (QED) is 0.847. The summed E-state index contributed by atoms with van der Waals surface area (Å²) in [7, 11) is 1.45. The lowest BCUT2D eigenvalue weighted by Gasteiger charge is -2.08. The highest BCUT2D eigenvalue weighted by atomic mass is 16.5. The van der Waals surface area contributed by atoms with E-state index < -0.39 is 0 Å². The molecule has 21 heavy (non-hydrogen) atoms. The Labute approximate surface area is 122 Å². The molecular formula is C14H18N4O3. The number of ether oxygens (including phenoxy) is 2. The molecule has 112 valence electrons. The minimum atomic E-state index is -0.210. The summed E-state index contributed by atoms with van der Waals surface area (Å²) in [5.74, 6) is 0.808. The van der Waals surface area contributed by atoms with Crippen molar-refractivity contribution in [3.8, 4) is 11.8 Å². The number of rotatable bonds is 6. The zero-order chi connectivity index (χ0) is 15.2. The first kappa shape index (κ1) is 14.8. The predicted octanol–water partition coefficient (Wildman–Crippen LogP) is 1.84. The van der Waals surface area contributed by atoms with Crippen LogP contribution in [-0.4, -0.2) is 34.8 Å². The van der Waals surface area contributed by atoms with Crippen LogP contribution in [0, 0.1) is 13.8 Å². The monoisotopic (exact) mass is 290 g/mol. The summed E-state index contributed by atoms with van der Waals surface area (Å²) in [5, 5.41) is 8.86. The van der Waals surface area contributed by atoms with E-state index >= 15 is 0 Å². The molecule has 1 aromatic heterocycles. The molecular weight excluding hydrogens is 272 g/mol. The number of aromatic nitrogens is 3. The standard InChI is InChI=1S/C14H18N4O3/c1-9-6-10(2)8-11(7-9)21-5-4-12(19)15-13-16-14(20-3)18-17-13/h6-8H,4-5H2,1-3H3,(H2,15,16,17,18,19). The van der Waals surface area contributed by atoms with Crippen LogP contribution in [0.1, 0.15) is 17.5 Å². The second kappa shape index (κ2) is 6.74. The number of aryl methyl sites for hydroxylation is 2. The molecule has 0 aliphatic rings. The number of H-pyrrole nitrogens is 1. The molecule has 0 spiro atoms. The molecule has 0 bridgehead atoms. The Kier molecular flexibility index (Phi) is 4.76. The zero-order valence-electron chi connectivity index (χ0n) is 12.3. The van der Waals surface area contributed by atoms with Gasteiger partial charge in [0.15, 0.2) is 0 Å². The van der Waals surface area contributed by atoms with Crippen molar-refractivity contribution < 1.29 is 14.3 Å². The maximum atomic E-state index is 11.7.